The fraction of sp³-hybridized carbons (Fsp3) is 0.0833. The number of anilines is 2. The largest absolute Gasteiger partial charge is 0.340 e. The van der Waals surface area contributed by atoms with Gasteiger partial charge in [-0.25, -0.2) is 19.3 Å². The summed E-state index contributed by atoms with van der Waals surface area (Å²) in [5.74, 6) is 0.286. The molecule has 1 aromatic carbocycles. The van der Waals surface area contributed by atoms with Gasteiger partial charge in [-0.3, -0.25) is 0 Å². The van der Waals surface area contributed by atoms with Crippen molar-refractivity contribution in [3.05, 3.63) is 42.7 Å². The molecule has 5 nitrogen and oxygen atoms in total. The Balaban J connectivity index is 2.15. The highest BCUT2D eigenvalue weighted by molar-refractivity contribution is 5.85. The minimum absolute atomic E-state index is 0.300. The Labute approximate surface area is 102 Å². The molecule has 1 N–H and O–H groups in total. The standard InChI is InChI=1S/C12H10FN5/c1-18(9-5-3-2-4-8(9)13)12-10-11(15-6-14-10)16-7-17-12/h2-7H,1H3,(H,14,15,16,17). The summed E-state index contributed by atoms with van der Waals surface area (Å²) < 4.78 is 13.7. The number of H-pyrrole nitrogens is 1. The van der Waals surface area contributed by atoms with Gasteiger partial charge in [-0.1, -0.05) is 12.1 Å². The number of halogens is 1. The van der Waals surface area contributed by atoms with Crippen molar-refractivity contribution < 1.29 is 4.39 Å². The number of nitrogens with zero attached hydrogens (tertiary/aromatic N) is 4. The Kier molecular flexibility index (Phi) is 2.40. The molecular formula is C12H10FN5. The van der Waals surface area contributed by atoms with Gasteiger partial charge in [0.1, 0.15) is 17.7 Å². The summed E-state index contributed by atoms with van der Waals surface area (Å²) >= 11 is 0. The van der Waals surface area contributed by atoms with Crippen LogP contribution in [-0.2, 0) is 0 Å². The number of rotatable bonds is 2. The van der Waals surface area contributed by atoms with E-state index in [9.17, 15) is 4.39 Å². The van der Waals surface area contributed by atoms with E-state index in [2.05, 4.69) is 19.9 Å². The summed E-state index contributed by atoms with van der Waals surface area (Å²) in [6, 6.07) is 6.54. The van der Waals surface area contributed by atoms with E-state index in [1.807, 2.05) is 0 Å². The maximum atomic E-state index is 13.7. The Morgan fingerprint density at radius 1 is 1.17 bits per heavy atom. The van der Waals surface area contributed by atoms with Crippen LogP contribution in [0, 0.1) is 5.82 Å². The number of nitrogens with one attached hydrogen (secondary N) is 1. The predicted molar refractivity (Wildman–Crippen MR) is 66.1 cm³/mol. The van der Waals surface area contributed by atoms with E-state index in [0.717, 1.165) is 0 Å². The van der Waals surface area contributed by atoms with Gasteiger partial charge in [0.05, 0.1) is 12.0 Å². The van der Waals surface area contributed by atoms with Crippen LogP contribution in [0.15, 0.2) is 36.9 Å². The zero-order valence-electron chi connectivity index (χ0n) is 9.63. The lowest BCUT2D eigenvalue weighted by Gasteiger charge is -2.18. The van der Waals surface area contributed by atoms with Crippen LogP contribution in [0.5, 0.6) is 0 Å². The first-order valence-corrected chi connectivity index (χ1v) is 5.39. The van der Waals surface area contributed by atoms with Gasteiger partial charge in [-0.05, 0) is 12.1 Å². The molecule has 2 aromatic heterocycles. The van der Waals surface area contributed by atoms with Crippen LogP contribution >= 0.6 is 0 Å². The maximum Gasteiger partial charge on any atom is 0.182 e. The van der Waals surface area contributed by atoms with Gasteiger partial charge in [0.25, 0.3) is 0 Å². The minimum atomic E-state index is -0.300. The van der Waals surface area contributed by atoms with E-state index in [1.165, 1.54) is 18.7 Å². The lowest BCUT2D eigenvalue weighted by Crippen LogP contribution is -2.13. The summed E-state index contributed by atoms with van der Waals surface area (Å²) in [5, 5.41) is 0. The van der Waals surface area contributed by atoms with Crippen LogP contribution in [0.1, 0.15) is 0 Å². The van der Waals surface area contributed by atoms with E-state index in [4.69, 9.17) is 0 Å². The molecule has 18 heavy (non-hydrogen) atoms. The van der Waals surface area contributed by atoms with Crippen molar-refractivity contribution in [3.63, 3.8) is 0 Å². The summed E-state index contributed by atoms with van der Waals surface area (Å²) in [5.41, 5.74) is 1.69. The topological polar surface area (TPSA) is 57.7 Å². The fourth-order valence-corrected chi connectivity index (χ4v) is 1.84. The molecule has 0 aliphatic rings. The zero-order chi connectivity index (χ0) is 12.5. The van der Waals surface area contributed by atoms with E-state index in [0.29, 0.717) is 22.7 Å². The van der Waals surface area contributed by atoms with Gasteiger partial charge in [0, 0.05) is 7.05 Å². The summed E-state index contributed by atoms with van der Waals surface area (Å²) in [4.78, 5) is 16.9. The molecule has 0 atom stereocenters. The second-order valence-corrected chi connectivity index (χ2v) is 3.81. The van der Waals surface area contributed by atoms with Gasteiger partial charge >= 0.3 is 0 Å². The van der Waals surface area contributed by atoms with Crippen molar-refractivity contribution in [2.75, 3.05) is 11.9 Å². The molecule has 0 saturated carbocycles. The third kappa shape index (κ3) is 1.58. The van der Waals surface area contributed by atoms with Crippen LogP contribution in [0.2, 0.25) is 0 Å². The molecule has 0 spiro atoms. The number of aromatic amines is 1. The molecule has 0 unspecified atom stereocenters. The Hall–Kier alpha value is -2.50. The van der Waals surface area contributed by atoms with E-state index in [-0.39, 0.29) is 5.82 Å². The van der Waals surface area contributed by atoms with Gasteiger partial charge in [0.2, 0.25) is 0 Å². The van der Waals surface area contributed by atoms with Crippen molar-refractivity contribution in [1.29, 1.82) is 0 Å². The first-order chi connectivity index (χ1) is 8.77. The number of imidazole rings is 1. The number of benzene rings is 1. The van der Waals surface area contributed by atoms with Crippen molar-refractivity contribution in [1.82, 2.24) is 19.9 Å². The van der Waals surface area contributed by atoms with Crippen LogP contribution in [0.4, 0.5) is 15.9 Å². The normalized spacial score (nSPS) is 10.8. The molecule has 3 aromatic rings. The van der Waals surface area contributed by atoms with Gasteiger partial charge in [-0.2, -0.15) is 0 Å². The number of hydrogen-bond donors (Lipinski definition) is 1. The first-order valence-electron chi connectivity index (χ1n) is 5.39. The average molecular weight is 243 g/mol. The zero-order valence-corrected chi connectivity index (χ0v) is 9.63. The van der Waals surface area contributed by atoms with E-state index >= 15 is 0 Å². The molecule has 3 rings (SSSR count). The highest BCUT2D eigenvalue weighted by atomic mass is 19.1. The van der Waals surface area contributed by atoms with Gasteiger partial charge < -0.3 is 9.88 Å². The monoisotopic (exact) mass is 243 g/mol. The third-order valence-electron chi connectivity index (χ3n) is 2.73. The molecule has 0 aliphatic carbocycles. The SMILES string of the molecule is CN(c1ccccc1F)c1ncnc2nc[nH]c12. The molecule has 0 amide bonds. The molecular weight excluding hydrogens is 233 g/mol. The fourth-order valence-electron chi connectivity index (χ4n) is 1.84. The Bertz CT molecular complexity index is 694. The molecule has 90 valence electrons. The molecule has 0 bridgehead atoms. The number of hydrogen-bond acceptors (Lipinski definition) is 4. The second-order valence-electron chi connectivity index (χ2n) is 3.81. The maximum absolute atomic E-state index is 13.7. The van der Waals surface area contributed by atoms with Gasteiger partial charge in [0.15, 0.2) is 11.5 Å². The molecule has 6 heteroatoms. The second kappa shape index (κ2) is 4.06. The van der Waals surface area contributed by atoms with E-state index < -0.39 is 0 Å². The highest BCUT2D eigenvalue weighted by Gasteiger charge is 2.14. The first kappa shape index (κ1) is 10.6. The lowest BCUT2D eigenvalue weighted by atomic mass is 10.3. The van der Waals surface area contributed by atoms with Gasteiger partial charge in [-0.15, -0.1) is 0 Å². The smallest absolute Gasteiger partial charge is 0.182 e. The number of fused-ring (bicyclic) bond motifs is 1. The van der Waals surface area contributed by atoms with Crippen molar-refractivity contribution >= 4 is 22.7 Å². The molecule has 0 radical (unpaired) electrons. The van der Waals surface area contributed by atoms with Crippen molar-refractivity contribution in [3.8, 4) is 0 Å². The lowest BCUT2D eigenvalue weighted by molar-refractivity contribution is 0.627. The summed E-state index contributed by atoms with van der Waals surface area (Å²) in [6.45, 7) is 0. The van der Waals surface area contributed by atoms with Crippen LogP contribution in [-0.4, -0.2) is 27.0 Å². The van der Waals surface area contributed by atoms with E-state index in [1.54, 1.807) is 30.1 Å². The molecule has 0 aliphatic heterocycles. The highest BCUT2D eigenvalue weighted by Crippen LogP contribution is 2.27. The Morgan fingerprint density at radius 2 is 2.00 bits per heavy atom. The molecule has 2 heterocycles. The van der Waals surface area contributed by atoms with Crippen LogP contribution < -0.4 is 4.90 Å². The van der Waals surface area contributed by atoms with Crippen LogP contribution in [0.3, 0.4) is 0 Å². The average Bonchev–Trinajstić information content (AvgIpc) is 2.86. The predicted octanol–water partition coefficient (Wildman–Crippen LogP) is 2.26. The minimum Gasteiger partial charge on any atom is -0.340 e. The van der Waals surface area contributed by atoms with Crippen molar-refractivity contribution in [2.24, 2.45) is 0 Å². The summed E-state index contributed by atoms with van der Waals surface area (Å²) in [6.07, 6.45) is 2.95. The quantitative estimate of drug-likeness (QED) is 0.750. The Morgan fingerprint density at radius 3 is 2.83 bits per heavy atom. The van der Waals surface area contributed by atoms with Crippen LogP contribution in [0.25, 0.3) is 11.2 Å². The third-order valence-corrected chi connectivity index (χ3v) is 2.73. The molecule has 0 saturated heterocycles. The number of aromatic nitrogens is 4. The summed E-state index contributed by atoms with van der Waals surface area (Å²) in [7, 11) is 1.75. The number of para-hydroxylation sites is 1. The van der Waals surface area contributed by atoms with Crippen molar-refractivity contribution in [2.45, 2.75) is 0 Å². The molecule has 0 fully saturated rings.